The van der Waals surface area contributed by atoms with Crippen LogP contribution < -0.4 is 14.8 Å². The van der Waals surface area contributed by atoms with E-state index in [0.717, 1.165) is 53.1 Å². The van der Waals surface area contributed by atoms with E-state index in [1.165, 1.54) is 0 Å². The summed E-state index contributed by atoms with van der Waals surface area (Å²) >= 11 is 0. The van der Waals surface area contributed by atoms with Crippen molar-refractivity contribution in [2.75, 3.05) is 13.2 Å². The number of ether oxygens (including phenoxy) is 2. The van der Waals surface area contributed by atoms with Crippen molar-refractivity contribution in [2.45, 2.75) is 45.1 Å². The van der Waals surface area contributed by atoms with E-state index in [1.54, 1.807) is 10.9 Å². The zero-order valence-electron chi connectivity index (χ0n) is 19.8. The van der Waals surface area contributed by atoms with E-state index in [-0.39, 0.29) is 11.9 Å². The first-order valence-electron chi connectivity index (χ1n) is 12.1. The molecule has 1 unspecified atom stereocenters. The van der Waals surface area contributed by atoms with Crippen molar-refractivity contribution >= 4 is 16.9 Å². The quantitative estimate of drug-likeness (QED) is 0.457. The van der Waals surface area contributed by atoms with Gasteiger partial charge in [0.05, 0.1) is 35.9 Å². The number of pyridine rings is 2. The molecule has 8 nitrogen and oxygen atoms in total. The molecule has 6 rings (SSSR count). The average Bonchev–Trinajstić information content (AvgIpc) is 3.70. The number of rotatable bonds is 5. The molecule has 0 bridgehead atoms. The van der Waals surface area contributed by atoms with Crippen molar-refractivity contribution in [3.05, 3.63) is 71.2 Å². The lowest BCUT2D eigenvalue weighted by atomic mass is 10.0. The average molecular weight is 470 g/mol. The van der Waals surface area contributed by atoms with E-state index < -0.39 is 0 Å². The molecule has 1 fully saturated rings. The molecule has 8 heteroatoms. The van der Waals surface area contributed by atoms with Crippen LogP contribution in [0, 0.1) is 6.92 Å². The van der Waals surface area contributed by atoms with Gasteiger partial charge in [-0.05, 0) is 62.6 Å². The molecule has 1 aliphatic carbocycles. The van der Waals surface area contributed by atoms with E-state index >= 15 is 0 Å². The molecule has 0 radical (unpaired) electrons. The Morgan fingerprint density at radius 1 is 1.11 bits per heavy atom. The fraction of sp³-hybridized carbons (Fsp3) is 0.333. The van der Waals surface area contributed by atoms with E-state index in [0.29, 0.717) is 36.2 Å². The fourth-order valence-corrected chi connectivity index (χ4v) is 4.52. The molecular formula is C27H27N5O3. The number of nitrogens with one attached hydrogen (secondary N) is 1. The molecule has 35 heavy (non-hydrogen) atoms. The van der Waals surface area contributed by atoms with Gasteiger partial charge < -0.3 is 14.8 Å². The van der Waals surface area contributed by atoms with E-state index in [4.69, 9.17) is 19.6 Å². The third kappa shape index (κ3) is 4.09. The summed E-state index contributed by atoms with van der Waals surface area (Å²) in [6.07, 6.45) is 4.75. The minimum absolute atomic E-state index is 0.150. The molecule has 4 aromatic rings. The predicted octanol–water partition coefficient (Wildman–Crippen LogP) is 4.65. The summed E-state index contributed by atoms with van der Waals surface area (Å²) in [7, 11) is 0. The van der Waals surface area contributed by atoms with Crippen molar-refractivity contribution < 1.29 is 14.3 Å². The molecule has 2 aliphatic rings. The van der Waals surface area contributed by atoms with Crippen LogP contribution in [0.4, 0.5) is 0 Å². The molecule has 4 heterocycles. The summed E-state index contributed by atoms with van der Waals surface area (Å²) in [4.78, 5) is 23.0. The van der Waals surface area contributed by atoms with Crippen LogP contribution in [0.2, 0.25) is 0 Å². The number of hydrogen-bond acceptors (Lipinski definition) is 6. The van der Waals surface area contributed by atoms with E-state index in [9.17, 15) is 4.79 Å². The van der Waals surface area contributed by atoms with Crippen LogP contribution in [0.3, 0.4) is 0 Å². The number of benzene rings is 1. The highest BCUT2D eigenvalue weighted by atomic mass is 16.5. The van der Waals surface area contributed by atoms with Gasteiger partial charge in [0.25, 0.3) is 5.91 Å². The molecule has 0 saturated heterocycles. The Morgan fingerprint density at radius 2 is 1.94 bits per heavy atom. The summed E-state index contributed by atoms with van der Waals surface area (Å²) in [5.74, 6) is 2.38. The van der Waals surface area contributed by atoms with Crippen molar-refractivity contribution in [1.82, 2.24) is 25.1 Å². The largest absolute Gasteiger partial charge is 0.490 e. The summed E-state index contributed by atoms with van der Waals surface area (Å²) < 4.78 is 13.3. The first-order valence-corrected chi connectivity index (χ1v) is 12.1. The SMILES string of the molecule is Cc1nn(-c2ccccn2)c2nc(C3CC3)cc(C(=O)NC(C)c3ccc4c(c3)OCCCO4)c12. The molecule has 178 valence electrons. The molecule has 1 saturated carbocycles. The highest BCUT2D eigenvalue weighted by Crippen LogP contribution is 2.41. The molecular weight excluding hydrogens is 442 g/mol. The van der Waals surface area contributed by atoms with Gasteiger partial charge in [-0.15, -0.1) is 0 Å². The third-order valence-corrected chi connectivity index (χ3v) is 6.56. The lowest BCUT2D eigenvalue weighted by molar-refractivity contribution is 0.0941. The summed E-state index contributed by atoms with van der Waals surface area (Å²) in [6, 6.07) is 13.2. The van der Waals surface area contributed by atoms with Gasteiger partial charge in [-0.1, -0.05) is 12.1 Å². The number of amides is 1. The Balaban J connectivity index is 1.36. The van der Waals surface area contributed by atoms with Crippen LogP contribution in [-0.4, -0.2) is 38.9 Å². The highest BCUT2D eigenvalue weighted by Gasteiger charge is 2.29. The minimum atomic E-state index is -0.224. The number of fused-ring (bicyclic) bond motifs is 2. The van der Waals surface area contributed by atoms with Crippen LogP contribution in [-0.2, 0) is 0 Å². The number of hydrogen-bond donors (Lipinski definition) is 1. The lowest BCUT2D eigenvalue weighted by Gasteiger charge is -2.17. The second-order valence-electron chi connectivity index (χ2n) is 9.20. The number of carbonyl (C=O) groups excluding carboxylic acids is 1. The molecule has 1 atom stereocenters. The smallest absolute Gasteiger partial charge is 0.252 e. The van der Waals surface area contributed by atoms with Gasteiger partial charge in [-0.2, -0.15) is 9.78 Å². The molecule has 1 aromatic carbocycles. The standard InChI is InChI=1S/C27H27N5O3/c1-16(19-9-10-22-23(14-19)35-13-5-12-34-22)29-27(33)20-15-21(18-7-8-18)30-26-25(20)17(2)31-32(26)24-6-3-4-11-28-24/h3-4,6,9-11,14-16,18H,5,7-8,12-13H2,1-2H3,(H,29,33). The molecule has 1 N–H and O–H groups in total. The number of aromatic nitrogens is 4. The van der Waals surface area contributed by atoms with Crippen LogP contribution >= 0.6 is 0 Å². The highest BCUT2D eigenvalue weighted by molar-refractivity contribution is 6.07. The third-order valence-electron chi connectivity index (χ3n) is 6.56. The van der Waals surface area contributed by atoms with Crippen molar-refractivity contribution in [2.24, 2.45) is 0 Å². The topological polar surface area (TPSA) is 91.2 Å². The van der Waals surface area contributed by atoms with Gasteiger partial charge in [0.1, 0.15) is 0 Å². The van der Waals surface area contributed by atoms with Crippen LogP contribution in [0.15, 0.2) is 48.7 Å². The van der Waals surface area contributed by atoms with Gasteiger partial charge in [0.2, 0.25) is 0 Å². The maximum atomic E-state index is 13.6. The maximum absolute atomic E-state index is 13.6. The summed E-state index contributed by atoms with van der Waals surface area (Å²) in [6.45, 7) is 5.15. The molecule has 1 aliphatic heterocycles. The minimum Gasteiger partial charge on any atom is -0.490 e. The number of aryl methyl sites for hydroxylation is 1. The Kier molecular flexibility index (Phi) is 5.36. The number of carbonyl (C=O) groups is 1. The van der Waals surface area contributed by atoms with Gasteiger partial charge in [0, 0.05) is 24.2 Å². The second kappa shape index (κ2) is 8.69. The Labute approximate surface area is 203 Å². The van der Waals surface area contributed by atoms with Gasteiger partial charge in [0.15, 0.2) is 23.0 Å². The van der Waals surface area contributed by atoms with Crippen LogP contribution in [0.25, 0.3) is 16.9 Å². The van der Waals surface area contributed by atoms with Gasteiger partial charge >= 0.3 is 0 Å². The monoisotopic (exact) mass is 469 g/mol. The van der Waals surface area contributed by atoms with E-state index in [2.05, 4.69) is 10.3 Å². The second-order valence-corrected chi connectivity index (χ2v) is 9.20. The van der Waals surface area contributed by atoms with E-state index in [1.807, 2.05) is 56.3 Å². The first kappa shape index (κ1) is 21.6. The summed E-state index contributed by atoms with van der Waals surface area (Å²) in [5.41, 5.74) is 3.89. The van der Waals surface area contributed by atoms with Gasteiger partial charge in [-0.25, -0.2) is 9.97 Å². The fourth-order valence-electron chi connectivity index (χ4n) is 4.52. The first-order chi connectivity index (χ1) is 17.1. The number of nitrogens with zero attached hydrogens (tertiary/aromatic N) is 4. The Morgan fingerprint density at radius 3 is 2.71 bits per heavy atom. The zero-order valence-corrected chi connectivity index (χ0v) is 19.8. The van der Waals surface area contributed by atoms with Crippen LogP contribution in [0.1, 0.15) is 65.5 Å². The van der Waals surface area contributed by atoms with Crippen molar-refractivity contribution in [1.29, 1.82) is 0 Å². The molecule has 3 aromatic heterocycles. The van der Waals surface area contributed by atoms with Crippen molar-refractivity contribution in [3.63, 3.8) is 0 Å². The lowest BCUT2D eigenvalue weighted by Crippen LogP contribution is -2.27. The van der Waals surface area contributed by atoms with Gasteiger partial charge in [-0.3, -0.25) is 4.79 Å². The molecule has 1 amide bonds. The Hall–Kier alpha value is -3.94. The Bertz CT molecular complexity index is 1410. The zero-order chi connectivity index (χ0) is 23.9. The maximum Gasteiger partial charge on any atom is 0.252 e. The molecule has 0 spiro atoms. The predicted molar refractivity (Wildman–Crippen MR) is 131 cm³/mol. The summed E-state index contributed by atoms with van der Waals surface area (Å²) in [5, 5.41) is 8.63. The normalized spacial score (nSPS) is 16.1. The van der Waals surface area contributed by atoms with Crippen molar-refractivity contribution in [3.8, 4) is 17.3 Å². The van der Waals surface area contributed by atoms with Crippen LogP contribution in [0.5, 0.6) is 11.5 Å².